The van der Waals surface area contributed by atoms with E-state index in [2.05, 4.69) is 20.0 Å². The van der Waals surface area contributed by atoms with Crippen molar-refractivity contribution in [2.75, 3.05) is 24.7 Å². The molecule has 2 aliphatic rings. The van der Waals surface area contributed by atoms with Crippen molar-refractivity contribution in [3.63, 3.8) is 0 Å². The van der Waals surface area contributed by atoms with E-state index in [1.165, 1.54) is 0 Å². The van der Waals surface area contributed by atoms with E-state index in [0.717, 1.165) is 12.4 Å². The van der Waals surface area contributed by atoms with Gasteiger partial charge in [-0.05, 0) is 0 Å². The van der Waals surface area contributed by atoms with Crippen molar-refractivity contribution in [3.05, 3.63) is 34.9 Å². The fourth-order valence-corrected chi connectivity index (χ4v) is 2.94. The molecule has 1 aromatic heterocycles. The van der Waals surface area contributed by atoms with Gasteiger partial charge < -0.3 is 31.9 Å². The number of aliphatic hydroxyl groups is 2. The van der Waals surface area contributed by atoms with Crippen LogP contribution in [-0.4, -0.2) is 78.5 Å². The van der Waals surface area contributed by atoms with E-state index in [1.54, 1.807) is 0 Å². The lowest BCUT2D eigenvalue weighted by Gasteiger charge is -2.21. The highest BCUT2D eigenvalue weighted by Gasteiger charge is 2.37. The van der Waals surface area contributed by atoms with E-state index in [-0.39, 0.29) is 22.6 Å². The summed E-state index contributed by atoms with van der Waals surface area (Å²) in [6, 6.07) is 0. The Balaban J connectivity index is 1.85. The van der Waals surface area contributed by atoms with Crippen molar-refractivity contribution in [3.8, 4) is 0 Å². The summed E-state index contributed by atoms with van der Waals surface area (Å²) in [5.41, 5.74) is 9.86. The first kappa shape index (κ1) is 22.4. The maximum absolute atomic E-state index is 12.7. The predicted molar refractivity (Wildman–Crippen MR) is 107 cm³/mol. The predicted octanol–water partition coefficient (Wildman–Crippen LogP) is -1.93. The van der Waals surface area contributed by atoms with Crippen LogP contribution >= 0.6 is 0 Å². The van der Waals surface area contributed by atoms with Gasteiger partial charge in [0.1, 0.15) is 23.3 Å². The van der Waals surface area contributed by atoms with Gasteiger partial charge in [0.2, 0.25) is 11.6 Å². The molecule has 0 radical (unpaired) electrons. The summed E-state index contributed by atoms with van der Waals surface area (Å²) in [6.07, 6.45) is 2.21. The summed E-state index contributed by atoms with van der Waals surface area (Å²) in [5, 5.41) is 36.7. The molecule has 2 unspecified atom stereocenters. The molecule has 1 aromatic rings. The second kappa shape index (κ2) is 8.44. The van der Waals surface area contributed by atoms with Gasteiger partial charge in [-0.15, -0.1) is 0 Å². The van der Waals surface area contributed by atoms with Gasteiger partial charge in [0.25, 0.3) is 0 Å². The third-order valence-corrected chi connectivity index (χ3v) is 4.73. The molecule has 14 nitrogen and oxygen atoms in total. The standard InChI is InChI=1S/C18H16N6O8/c19-15-11(13(27)9-5(1-21-9)7(3-25)17(29)30)23-16(20)12(24-15)14(28)10-6(2-22-10)8(4-26)18(31)32/h1-2,7-8,25-26H,3-4H2,(H2,20,23)(H2,19,24)(H,29,30)(H,31,32). The third-order valence-electron chi connectivity index (χ3n) is 4.73. The van der Waals surface area contributed by atoms with E-state index >= 15 is 0 Å². The summed E-state index contributed by atoms with van der Waals surface area (Å²) in [4.78, 5) is 62.8. The van der Waals surface area contributed by atoms with Crippen LogP contribution in [0.5, 0.6) is 0 Å². The number of hydrogen-bond acceptors (Lipinski definition) is 12. The van der Waals surface area contributed by atoms with Gasteiger partial charge in [0.15, 0.2) is 23.0 Å². The first-order chi connectivity index (χ1) is 15.1. The highest BCUT2D eigenvalue weighted by molar-refractivity contribution is 6.55. The summed E-state index contributed by atoms with van der Waals surface area (Å²) in [5.74, 6) is -8.35. The number of aliphatic imine (C=N–C) groups is 2. The lowest BCUT2D eigenvalue weighted by atomic mass is 9.89. The zero-order chi connectivity index (χ0) is 23.7. The van der Waals surface area contributed by atoms with E-state index < -0.39 is 71.6 Å². The van der Waals surface area contributed by atoms with E-state index in [9.17, 15) is 29.4 Å². The molecule has 2 atom stereocenters. The Morgan fingerprint density at radius 2 is 1.09 bits per heavy atom. The number of carbonyl (C=O) groups excluding carboxylic acids is 2. The van der Waals surface area contributed by atoms with Gasteiger partial charge >= 0.3 is 11.9 Å². The number of hydrogen-bond donors (Lipinski definition) is 6. The van der Waals surface area contributed by atoms with Crippen molar-refractivity contribution in [1.29, 1.82) is 0 Å². The largest absolute Gasteiger partial charge is 0.481 e. The van der Waals surface area contributed by atoms with Gasteiger partial charge in [-0.3, -0.25) is 29.2 Å². The van der Waals surface area contributed by atoms with Crippen molar-refractivity contribution < 1.29 is 39.6 Å². The number of aromatic nitrogens is 2. The SMILES string of the molecule is Nc1nc(C(=O)C2=NC=C2C(CO)C(=O)O)c(N)nc1C(=O)C1=NC=C1C(CO)C(=O)O. The molecule has 0 bridgehead atoms. The third kappa shape index (κ3) is 3.63. The quantitative estimate of drug-likeness (QED) is 0.216. The number of carboxylic acids is 2. The molecule has 166 valence electrons. The Labute approximate surface area is 178 Å². The Morgan fingerprint density at radius 1 is 0.750 bits per heavy atom. The molecular weight excluding hydrogens is 428 g/mol. The fourth-order valence-electron chi connectivity index (χ4n) is 2.94. The normalized spacial score (nSPS) is 16.3. The van der Waals surface area contributed by atoms with Crippen LogP contribution in [0.3, 0.4) is 0 Å². The van der Waals surface area contributed by atoms with E-state index in [0.29, 0.717) is 0 Å². The molecule has 0 saturated carbocycles. The second-order valence-corrected chi connectivity index (χ2v) is 6.62. The van der Waals surface area contributed by atoms with Crippen molar-refractivity contribution in [2.24, 2.45) is 21.8 Å². The number of nitrogen functional groups attached to an aromatic ring is 2. The van der Waals surface area contributed by atoms with Crippen LogP contribution < -0.4 is 11.5 Å². The molecule has 14 heteroatoms. The average molecular weight is 444 g/mol. The molecule has 3 heterocycles. The minimum absolute atomic E-state index is 0.0350. The summed E-state index contributed by atoms with van der Waals surface area (Å²) < 4.78 is 0. The Kier molecular flexibility index (Phi) is 5.91. The van der Waals surface area contributed by atoms with E-state index in [4.69, 9.17) is 21.7 Å². The maximum Gasteiger partial charge on any atom is 0.313 e. The molecule has 32 heavy (non-hydrogen) atoms. The molecule has 0 saturated heterocycles. The number of ketones is 2. The van der Waals surface area contributed by atoms with E-state index in [1.807, 2.05) is 0 Å². The van der Waals surface area contributed by atoms with Crippen molar-refractivity contribution >= 4 is 46.6 Å². The average Bonchev–Trinajstić information content (AvgIpc) is 2.68. The van der Waals surface area contributed by atoms with Crippen LogP contribution in [-0.2, 0) is 9.59 Å². The number of rotatable bonds is 10. The number of carbonyl (C=O) groups is 4. The molecule has 0 amide bonds. The lowest BCUT2D eigenvalue weighted by Crippen LogP contribution is -2.34. The van der Waals surface area contributed by atoms with Crippen LogP contribution in [0, 0.1) is 11.8 Å². The van der Waals surface area contributed by atoms with Gasteiger partial charge in [-0.2, -0.15) is 0 Å². The second-order valence-electron chi connectivity index (χ2n) is 6.62. The van der Waals surface area contributed by atoms with Crippen LogP contribution in [0.15, 0.2) is 33.5 Å². The smallest absolute Gasteiger partial charge is 0.313 e. The molecule has 0 aliphatic carbocycles. The van der Waals surface area contributed by atoms with Crippen molar-refractivity contribution in [2.45, 2.75) is 0 Å². The van der Waals surface area contributed by atoms with Gasteiger partial charge in [-0.25, -0.2) is 9.97 Å². The van der Waals surface area contributed by atoms with Crippen LogP contribution in [0.2, 0.25) is 0 Å². The number of nitrogens with zero attached hydrogens (tertiary/aromatic N) is 4. The molecule has 2 aliphatic heterocycles. The highest BCUT2D eigenvalue weighted by Crippen LogP contribution is 2.27. The number of aliphatic hydroxyl groups excluding tert-OH is 2. The van der Waals surface area contributed by atoms with Gasteiger partial charge in [0.05, 0.1) is 13.2 Å². The van der Waals surface area contributed by atoms with Crippen LogP contribution in [0.25, 0.3) is 0 Å². The molecular formula is C18H16N6O8. The number of aliphatic carboxylic acids is 2. The van der Waals surface area contributed by atoms with Gasteiger partial charge in [-0.1, -0.05) is 0 Å². The Bertz CT molecular complexity index is 1090. The minimum atomic E-state index is -1.38. The Morgan fingerprint density at radius 3 is 1.31 bits per heavy atom. The zero-order valence-electron chi connectivity index (χ0n) is 16.1. The molecule has 3 rings (SSSR count). The lowest BCUT2D eigenvalue weighted by molar-refractivity contribution is -0.142. The molecule has 0 spiro atoms. The number of Topliss-reactive ketones (excluding diaryl/α,β-unsaturated/α-hetero) is 2. The van der Waals surface area contributed by atoms with Crippen LogP contribution in [0.4, 0.5) is 11.6 Å². The minimum Gasteiger partial charge on any atom is -0.481 e. The van der Waals surface area contributed by atoms with Crippen molar-refractivity contribution in [1.82, 2.24) is 9.97 Å². The number of carboxylic acid groups (broad SMARTS) is 2. The summed E-state index contributed by atoms with van der Waals surface area (Å²) >= 11 is 0. The molecule has 0 fully saturated rings. The highest BCUT2D eigenvalue weighted by atomic mass is 16.4. The monoisotopic (exact) mass is 444 g/mol. The summed E-state index contributed by atoms with van der Waals surface area (Å²) in [6.45, 7) is -1.54. The van der Waals surface area contributed by atoms with Gasteiger partial charge in [0, 0.05) is 23.5 Å². The zero-order valence-corrected chi connectivity index (χ0v) is 16.1. The molecule has 8 N–H and O–H groups in total. The fraction of sp³-hybridized carbons (Fsp3) is 0.222. The Hall–Kier alpha value is -4.30. The van der Waals surface area contributed by atoms with Crippen LogP contribution in [0.1, 0.15) is 21.0 Å². The first-order valence-corrected chi connectivity index (χ1v) is 8.88. The summed E-state index contributed by atoms with van der Waals surface area (Å²) in [7, 11) is 0. The topological polar surface area (TPSA) is 252 Å². The maximum atomic E-state index is 12.7. The first-order valence-electron chi connectivity index (χ1n) is 8.88. The number of anilines is 2. The number of nitrogens with two attached hydrogens (primary N) is 2. The molecule has 0 aromatic carbocycles.